The molecule has 0 bridgehead atoms. The fourth-order valence-corrected chi connectivity index (χ4v) is 3.87. The fraction of sp³-hybridized carbons (Fsp3) is 0.286. The smallest absolute Gasteiger partial charge is 0.254 e. The second kappa shape index (κ2) is 7.46. The number of carbonyl (C=O) groups is 1. The summed E-state index contributed by atoms with van der Waals surface area (Å²) in [5.41, 5.74) is 3.79. The average Bonchev–Trinajstić information content (AvgIpc) is 3.25. The number of hydrogen-bond donors (Lipinski definition) is 2. The number of piperidine rings is 1. The lowest BCUT2D eigenvalue weighted by Crippen LogP contribution is -2.47. The van der Waals surface area contributed by atoms with Crippen LogP contribution >= 0.6 is 0 Å². The van der Waals surface area contributed by atoms with Gasteiger partial charge in [0.1, 0.15) is 11.3 Å². The average molecular weight is 387 g/mol. The Labute approximate surface area is 167 Å². The number of pyridine rings is 1. The molecule has 0 spiro atoms. The summed E-state index contributed by atoms with van der Waals surface area (Å²) in [4.78, 5) is 35.6. The van der Waals surface area contributed by atoms with Crippen molar-refractivity contribution in [3.8, 4) is 0 Å². The molecule has 8 nitrogen and oxygen atoms in total. The van der Waals surface area contributed by atoms with E-state index in [0.29, 0.717) is 23.6 Å². The van der Waals surface area contributed by atoms with Gasteiger partial charge >= 0.3 is 0 Å². The molecule has 1 atom stereocenters. The van der Waals surface area contributed by atoms with Crippen LogP contribution in [0.4, 0.5) is 5.82 Å². The lowest BCUT2D eigenvalue weighted by atomic mass is 10.0. The van der Waals surface area contributed by atoms with Crippen molar-refractivity contribution in [3.63, 3.8) is 0 Å². The molecule has 1 aromatic carbocycles. The van der Waals surface area contributed by atoms with Crippen molar-refractivity contribution in [2.75, 3.05) is 18.4 Å². The van der Waals surface area contributed by atoms with Crippen LogP contribution in [0, 0.1) is 0 Å². The molecular weight excluding hydrogens is 366 g/mol. The van der Waals surface area contributed by atoms with Crippen molar-refractivity contribution in [1.29, 1.82) is 0 Å². The van der Waals surface area contributed by atoms with Gasteiger partial charge in [-0.3, -0.25) is 4.79 Å². The van der Waals surface area contributed by atoms with Crippen LogP contribution < -0.4 is 5.32 Å². The van der Waals surface area contributed by atoms with Gasteiger partial charge in [0.2, 0.25) is 0 Å². The first kappa shape index (κ1) is 17.5. The number of fused-ring (bicyclic) bond motifs is 2. The van der Waals surface area contributed by atoms with Gasteiger partial charge in [0.25, 0.3) is 5.91 Å². The second-order valence-corrected chi connectivity index (χ2v) is 7.26. The van der Waals surface area contributed by atoms with Crippen molar-refractivity contribution < 1.29 is 4.79 Å². The topological polar surface area (TPSA) is 99.7 Å². The van der Waals surface area contributed by atoms with Gasteiger partial charge in [0.15, 0.2) is 5.65 Å². The molecule has 29 heavy (non-hydrogen) atoms. The maximum absolute atomic E-state index is 13.2. The van der Waals surface area contributed by atoms with Crippen molar-refractivity contribution in [3.05, 3.63) is 54.6 Å². The molecule has 1 saturated heterocycles. The van der Waals surface area contributed by atoms with Crippen LogP contribution in [-0.2, 0) is 0 Å². The third kappa shape index (κ3) is 3.49. The van der Waals surface area contributed by atoms with Gasteiger partial charge in [-0.1, -0.05) is 0 Å². The molecule has 1 fully saturated rings. The number of likely N-dealkylation sites (tertiary alicyclic amines) is 1. The quantitative estimate of drug-likeness (QED) is 0.558. The number of hydrogen-bond acceptors (Lipinski definition) is 6. The number of benzene rings is 1. The Morgan fingerprint density at radius 1 is 1.17 bits per heavy atom. The lowest BCUT2D eigenvalue weighted by molar-refractivity contribution is 0.0628. The Kier molecular flexibility index (Phi) is 4.51. The number of rotatable bonds is 4. The van der Waals surface area contributed by atoms with E-state index in [-0.39, 0.29) is 11.9 Å². The second-order valence-electron chi connectivity index (χ2n) is 7.26. The first-order valence-electron chi connectivity index (χ1n) is 9.84. The molecule has 2 N–H and O–H groups in total. The van der Waals surface area contributed by atoms with E-state index in [1.165, 1.54) is 0 Å². The standard InChI is InChI=1S/C21H21N7O/c29-21(14-6-7-16-18(10-14)26-13-25-16)28-9-2-1-4-15(28)11-23-19-12-24-20-17(27-19)5-3-8-22-20/h3,5-8,10,12-13,15H,1-2,4,9,11H2,(H,23,27)(H,25,26)/t15-/m0/s1. The minimum atomic E-state index is 0.0511. The van der Waals surface area contributed by atoms with Gasteiger partial charge in [-0.25, -0.2) is 19.9 Å². The molecule has 0 radical (unpaired) electrons. The predicted octanol–water partition coefficient (Wildman–Crippen LogP) is 3.01. The number of aromatic nitrogens is 5. The Hall–Kier alpha value is -3.55. The zero-order chi connectivity index (χ0) is 19.6. The fourth-order valence-electron chi connectivity index (χ4n) is 3.87. The summed E-state index contributed by atoms with van der Waals surface area (Å²) in [6, 6.07) is 9.47. The zero-order valence-corrected chi connectivity index (χ0v) is 15.9. The highest BCUT2D eigenvalue weighted by Crippen LogP contribution is 2.22. The van der Waals surface area contributed by atoms with Crippen LogP contribution in [-0.4, -0.2) is 54.9 Å². The lowest BCUT2D eigenvalue weighted by Gasteiger charge is -2.36. The number of anilines is 1. The minimum Gasteiger partial charge on any atom is -0.367 e. The van der Waals surface area contributed by atoms with Crippen LogP contribution in [0.1, 0.15) is 29.6 Å². The Morgan fingerprint density at radius 2 is 2.14 bits per heavy atom. The summed E-state index contributed by atoms with van der Waals surface area (Å²) in [5.74, 6) is 0.747. The van der Waals surface area contributed by atoms with E-state index in [0.717, 1.165) is 42.4 Å². The van der Waals surface area contributed by atoms with Gasteiger partial charge in [-0.05, 0) is 49.6 Å². The van der Waals surface area contributed by atoms with Crippen LogP contribution in [0.25, 0.3) is 22.2 Å². The van der Waals surface area contributed by atoms with Crippen molar-refractivity contribution in [2.24, 2.45) is 0 Å². The molecule has 0 unspecified atom stereocenters. The molecule has 0 saturated carbocycles. The number of aromatic amines is 1. The molecule has 1 aliphatic rings. The zero-order valence-electron chi connectivity index (χ0n) is 15.9. The van der Waals surface area contributed by atoms with Crippen LogP contribution in [0.2, 0.25) is 0 Å². The number of amides is 1. The van der Waals surface area contributed by atoms with Crippen molar-refractivity contribution in [2.45, 2.75) is 25.3 Å². The third-order valence-corrected chi connectivity index (χ3v) is 5.39. The number of carbonyl (C=O) groups excluding carboxylic acids is 1. The number of H-pyrrole nitrogens is 1. The third-order valence-electron chi connectivity index (χ3n) is 5.39. The highest BCUT2D eigenvalue weighted by atomic mass is 16.2. The Balaban J connectivity index is 1.32. The summed E-state index contributed by atoms with van der Waals surface area (Å²) in [6.45, 7) is 1.40. The van der Waals surface area contributed by atoms with E-state index < -0.39 is 0 Å². The molecule has 0 aliphatic carbocycles. The Bertz CT molecular complexity index is 1170. The van der Waals surface area contributed by atoms with Gasteiger partial charge in [0.05, 0.1) is 23.6 Å². The summed E-state index contributed by atoms with van der Waals surface area (Å²) in [5, 5.41) is 3.36. The van der Waals surface area contributed by atoms with Gasteiger partial charge in [0, 0.05) is 30.9 Å². The number of nitrogens with zero attached hydrogens (tertiary/aromatic N) is 5. The SMILES string of the molecule is O=C(c1ccc2[nH]cnc2c1)N1CCCC[C@H]1CNc1cnc2ncccc2n1. The monoisotopic (exact) mass is 387 g/mol. The molecular formula is C21H21N7O. The number of imidazole rings is 1. The molecule has 146 valence electrons. The van der Waals surface area contributed by atoms with Crippen molar-refractivity contribution in [1.82, 2.24) is 29.8 Å². The molecule has 4 aromatic rings. The van der Waals surface area contributed by atoms with Gasteiger partial charge < -0.3 is 15.2 Å². The van der Waals surface area contributed by atoms with Crippen LogP contribution in [0.3, 0.4) is 0 Å². The molecule has 4 heterocycles. The van der Waals surface area contributed by atoms with E-state index in [4.69, 9.17) is 0 Å². The highest BCUT2D eigenvalue weighted by molar-refractivity contribution is 5.97. The van der Waals surface area contributed by atoms with Crippen LogP contribution in [0.15, 0.2) is 49.1 Å². The van der Waals surface area contributed by atoms with Gasteiger partial charge in [-0.2, -0.15) is 0 Å². The molecule has 8 heteroatoms. The predicted molar refractivity (Wildman–Crippen MR) is 111 cm³/mol. The highest BCUT2D eigenvalue weighted by Gasteiger charge is 2.27. The summed E-state index contributed by atoms with van der Waals surface area (Å²) in [6.07, 6.45) is 8.14. The van der Waals surface area contributed by atoms with E-state index >= 15 is 0 Å². The maximum Gasteiger partial charge on any atom is 0.254 e. The summed E-state index contributed by atoms with van der Waals surface area (Å²) >= 11 is 0. The van der Waals surface area contributed by atoms with E-state index in [9.17, 15) is 4.79 Å². The Morgan fingerprint density at radius 3 is 3.10 bits per heavy atom. The van der Waals surface area contributed by atoms with E-state index in [2.05, 4.69) is 30.2 Å². The molecule has 1 aliphatic heterocycles. The van der Waals surface area contributed by atoms with E-state index in [1.807, 2.05) is 35.2 Å². The first-order valence-corrected chi connectivity index (χ1v) is 9.84. The van der Waals surface area contributed by atoms with Crippen molar-refractivity contribution >= 4 is 33.9 Å². The summed E-state index contributed by atoms with van der Waals surface area (Å²) in [7, 11) is 0. The first-order chi connectivity index (χ1) is 14.3. The largest absolute Gasteiger partial charge is 0.367 e. The minimum absolute atomic E-state index is 0.0511. The molecule has 1 amide bonds. The number of nitrogens with one attached hydrogen (secondary N) is 2. The normalized spacial score (nSPS) is 17.0. The maximum atomic E-state index is 13.2. The van der Waals surface area contributed by atoms with Gasteiger partial charge in [-0.15, -0.1) is 0 Å². The van der Waals surface area contributed by atoms with E-state index in [1.54, 1.807) is 18.7 Å². The molecule has 5 rings (SSSR count). The van der Waals surface area contributed by atoms with Crippen LogP contribution in [0.5, 0.6) is 0 Å². The summed E-state index contributed by atoms with van der Waals surface area (Å²) < 4.78 is 0. The molecule has 3 aromatic heterocycles.